The molecule has 4 aromatic rings. The number of aromatic nitrogens is 3. The van der Waals surface area contributed by atoms with E-state index in [0.717, 1.165) is 23.5 Å². The number of benzene rings is 2. The number of rotatable bonds is 6. The second kappa shape index (κ2) is 8.97. The van der Waals surface area contributed by atoms with E-state index >= 15 is 0 Å². The first-order valence-corrected chi connectivity index (χ1v) is 10.7. The second-order valence-electron chi connectivity index (χ2n) is 8.04. The Kier molecular flexibility index (Phi) is 6.06. The third-order valence-corrected chi connectivity index (χ3v) is 5.89. The lowest BCUT2D eigenvalue weighted by atomic mass is 10.1. The maximum Gasteiger partial charge on any atom is 0.338 e. The van der Waals surface area contributed by atoms with Gasteiger partial charge in [-0.2, -0.15) is 0 Å². The van der Waals surface area contributed by atoms with Crippen LogP contribution < -0.4 is 5.56 Å². The molecular weight excluding hydrogens is 437 g/mol. The zero-order valence-electron chi connectivity index (χ0n) is 19.3. The predicted octanol–water partition coefficient (Wildman–Crippen LogP) is 4.07. The maximum absolute atomic E-state index is 13.4. The summed E-state index contributed by atoms with van der Waals surface area (Å²) in [5, 5.41) is 0. The number of carbonyl (C=O) groups excluding carboxylic acids is 2. The van der Waals surface area contributed by atoms with Crippen LogP contribution in [0.15, 0.2) is 65.5 Å². The maximum atomic E-state index is 13.4. The number of nitrogens with zero attached hydrogens (tertiary/aromatic N) is 3. The molecule has 0 fully saturated rings. The largest absolute Gasteiger partial charge is 0.454 e. The first-order valence-electron chi connectivity index (χ1n) is 10.7. The van der Waals surface area contributed by atoms with Gasteiger partial charge in [0.2, 0.25) is 5.78 Å². The van der Waals surface area contributed by atoms with Gasteiger partial charge in [-0.05, 0) is 63.2 Å². The van der Waals surface area contributed by atoms with Crippen LogP contribution in [0.3, 0.4) is 0 Å². The Bertz CT molecular complexity index is 1440. The molecule has 0 saturated heterocycles. The summed E-state index contributed by atoms with van der Waals surface area (Å²) in [5.74, 6) is -1.58. The minimum atomic E-state index is -0.716. The predicted molar refractivity (Wildman–Crippen MR) is 126 cm³/mol. The molecule has 0 radical (unpaired) electrons. The molecule has 2 aromatic heterocycles. The van der Waals surface area contributed by atoms with Crippen LogP contribution in [0.1, 0.15) is 37.8 Å². The molecule has 7 nitrogen and oxygen atoms in total. The summed E-state index contributed by atoms with van der Waals surface area (Å²) in [6, 6.07) is 15.9. The van der Waals surface area contributed by atoms with Crippen LogP contribution in [0.5, 0.6) is 0 Å². The zero-order chi connectivity index (χ0) is 24.6. The molecule has 174 valence electrons. The Balaban J connectivity index is 1.65. The number of Topliss-reactive ketones (excluding diaryl/α,β-unsaturated/α-hetero) is 1. The van der Waals surface area contributed by atoms with E-state index in [1.807, 2.05) is 51.2 Å². The minimum absolute atomic E-state index is 0.154. The smallest absolute Gasteiger partial charge is 0.338 e. The van der Waals surface area contributed by atoms with Crippen molar-refractivity contribution < 1.29 is 18.7 Å². The Hall–Kier alpha value is -4.20. The van der Waals surface area contributed by atoms with Crippen molar-refractivity contribution in [2.75, 3.05) is 6.61 Å². The molecule has 0 N–H and O–H groups in total. The summed E-state index contributed by atoms with van der Waals surface area (Å²) in [6.07, 6.45) is 0. The quantitative estimate of drug-likeness (QED) is 0.320. The topological polar surface area (TPSA) is 75.2 Å². The van der Waals surface area contributed by atoms with E-state index in [2.05, 4.69) is 0 Å². The summed E-state index contributed by atoms with van der Waals surface area (Å²) in [7, 11) is 1.81. The normalized spacial score (nSPS) is 11.0. The number of para-hydroxylation sites is 1. The fraction of sp³-hybridized carbons (Fsp3) is 0.192. The zero-order valence-corrected chi connectivity index (χ0v) is 19.3. The van der Waals surface area contributed by atoms with Crippen molar-refractivity contribution in [3.05, 3.63) is 105 Å². The summed E-state index contributed by atoms with van der Waals surface area (Å²) < 4.78 is 23.3. The molecule has 0 bridgehead atoms. The highest BCUT2D eigenvalue weighted by Crippen LogP contribution is 2.23. The SMILES string of the molecule is Cc1cc(C(=O)COC(=O)c2ccc(F)cc2)c(C)n1-c1c(C)n(C)n(-c2ccccc2)c1=O. The van der Waals surface area contributed by atoms with Gasteiger partial charge in [0.15, 0.2) is 6.61 Å². The van der Waals surface area contributed by atoms with E-state index in [4.69, 9.17) is 4.74 Å². The highest BCUT2D eigenvalue weighted by Gasteiger charge is 2.24. The number of ether oxygens (including phenoxy) is 1. The average molecular weight is 461 g/mol. The standard InChI is InChI=1S/C26H24FN3O4/c1-16-14-22(23(31)15-34-26(33)19-10-12-20(27)13-11-19)17(2)29(16)24-18(3)28(4)30(25(24)32)21-8-6-5-7-9-21/h5-14H,15H2,1-4H3. The summed E-state index contributed by atoms with van der Waals surface area (Å²) in [5.41, 5.74) is 3.49. The van der Waals surface area contributed by atoms with Crippen molar-refractivity contribution in [3.8, 4) is 11.4 Å². The van der Waals surface area contributed by atoms with Crippen molar-refractivity contribution in [1.29, 1.82) is 0 Å². The van der Waals surface area contributed by atoms with E-state index in [1.54, 1.807) is 26.9 Å². The minimum Gasteiger partial charge on any atom is -0.454 e. The molecule has 8 heteroatoms. The second-order valence-corrected chi connectivity index (χ2v) is 8.04. The van der Waals surface area contributed by atoms with Gasteiger partial charge in [0.25, 0.3) is 5.56 Å². The summed E-state index contributed by atoms with van der Waals surface area (Å²) in [6.45, 7) is 4.94. The van der Waals surface area contributed by atoms with Crippen molar-refractivity contribution in [1.82, 2.24) is 13.9 Å². The Morgan fingerprint density at radius 3 is 2.24 bits per heavy atom. The summed E-state index contributed by atoms with van der Waals surface area (Å²) in [4.78, 5) is 38.5. The number of aryl methyl sites for hydroxylation is 1. The van der Waals surface area contributed by atoms with E-state index < -0.39 is 24.2 Å². The monoisotopic (exact) mass is 461 g/mol. The van der Waals surface area contributed by atoms with E-state index in [0.29, 0.717) is 22.6 Å². The first-order chi connectivity index (χ1) is 16.2. The molecule has 0 aliphatic rings. The molecule has 0 atom stereocenters. The van der Waals surface area contributed by atoms with E-state index in [-0.39, 0.29) is 11.1 Å². The van der Waals surface area contributed by atoms with Gasteiger partial charge < -0.3 is 9.30 Å². The van der Waals surface area contributed by atoms with Gasteiger partial charge in [0, 0.05) is 24.0 Å². The first kappa shape index (κ1) is 23.0. The van der Waals surface area contributed by atoms with Crippen molar-refractivity contribution >= 4 is 11.8 Å². The van der Waals surface area contributed by atoms with Crippen molar-refractivity contribution in [2.24, 2.45) is 7.05 Å². The number of halogens is 1. The van der Waals surface area contributed by atoms with Crippen molar-refractivity contribution in [3.63, 3.8) is 0 Å². The molecule has 2 aromatic carbocycles. The molecule has 0 unspecified atom stereocenters. The number of hydrogen-bond donors (Lipinski definition) is 0. The Labute approximate surface area is 195 Å². The fourth-order valence-corrected chi connectivity index (χ4v) is 4.08. The highest BCUT2D eigenvalue weighted by molar-refractivity contribution is 6.00. The highest BCUT2D eigenvalue weighted by atomic mass is 19.1. The van der Waals surface area contributed by atoms with Gasteiger partial charge in [-0.1, -0.05) is 18.2 Å². The Morgan fingerprint density at radius 1 is 0.941 bits per heavy atom. The molecule has 0 aliphatic heterocycles. The number of hydrogen-bond acceptors (Lipinski definition) is 4. The van der Waals surface area contributed by atoms with Crippen molar-refractivity contribution in [2.45, 2.75) is 20.8 Å². The lowest BCUT2D eigenvalue weighted by Crippen LogP contribution is -2.22. The van der Waals surface area contributed by atoms with E-state index in [9.17, 15) is 18.8 Å². The number of esters is 1. The molecule has 4 rings (SSSR count). The van der Waals surface area contributed by atoms with Crippen LogP contribution in [0, 0.1) is 26.6 Å². The molecular formula is C26H24FN3O4. The molecule has 0 saturated carbocycles. The Morgan fingerprint density at radius 2 is 1.59 bits per heavy atom. The van der Waals surface area contributed by atoms with Gasteiger partial charge in [0.05, 0.1) is 16.9 Å². The lowest BCUT2D eigenvalue weighted by Gasteiger charge is -2.09. The molecule has 0 amide bonds. The van der Waals surface area contributed by atoms with Gasteiger partial charge in [0.1, 0.15) is 11.5 Å². The van der Waals surface area contributed by atoms with Crippen LogP contribution in [-0.2, 0) is 11.8 Å². The van der Waals surface area contributed by atoms with Gasteiger partial charge >= 0.3 is 5.97 Å². The van der Waals surface area contributed by atoms with E-state index in [1.165, 1.54) is 12.1 Å². The van der Waals surface area contributed by atoms with Crippen LogP contribution in [0.4, 0.5) is 4.39 Å². The van der Waals surface area contributed by atoms with Crippen LogP contribution in [0.2, 0.25) is 0 Å². The number of carbonyl (C=O) groups is 2. The van der Waals surface area contributed by atoms with Crippen LogP contribution >= 0.6 is 0 Å². The lowest BCUT2D eigenvalue weighted by molar-refractivity contribution is 0.0474. The fourth-order valence-electron chi connectivity index (χ4n) is 4.08. The third-order valence-electron chi connectivity index (χ3n) is 5.89. The molecule has 34 heavy (non-hydrogen) atoms. The number of ketones is 1. The van der Waals surface area contributed by atoms with Gasteiger partial charge in [-0.15, -0.1) is 0 Å². The average Bonchev–Trinajstić information content (AvgIpc) is 3.23. The summed E-state index contributed by atoms with van der Waals surface area (Å²) >= 11 is 0. The van der Waals surface area contributed by atoms with Gasteiger partial charge in [-0.3, -0.25) is 14.3 Å². The van der Waals surface area contributed by atoms with Crippen LogP contribution in [-0.4, -0.2) is 32.3 Å². The third kappa shape index (κ3) is 3.98. The van der Waals surface area contributed by atoms with Gasteiger partial charge in [-0.25, -0.2) is 13.9 Å². The van der Waals surface area contributed by atoms with Crippen LogP contribution in [0.25, 0.3) is 11.4 Å². The molecule has 2 heterocycles. The molecule has 0 aliphatic carbocycles. The molecule has 0 spiro atoms.